The van der Waals surface area contributed by atoms with Gasteiger partial charge in [-0.3, -0.25) is 4.79 Å². The van der Waals surface area contributed by atoms with Crippen LogP contribution in [0.1, 0.15) is 37.7 Å². The van der Waals surface area contributed by atoms with Crippen molar-refractivity contribution in [3.05, 3.63) is 60.7 Å². The number of nitrogens with one attached hydrogen (secondary N) is 2. The normalized spacial score (nSPS) is 16.0. The second-order valence-corrected chi connectivity index (χ2v) is 10.9. The fourth-order valence-corrected chi connectivity index (χ4v) is 5.35. The minimum atomic E-state index is -0.270. The predicted molar refractivity (Wildman–Crippen MR) is 165 cm³/mol. The maximum atomic E-state index is 11.9. The first kappa shape index (κ1) is 28.4. The summed E-state index contributed by atoms with van der Waals surface area (Å²) >= 11 is 0. The summed E-state index contributed by atoms with van der Waals surface area (Å²) in [5.74, 6) is 2.93. The monoisotopic (exact) mass is 556 g/mol. The number of pyridine rings is 1. The molecule has 2 aromatic heterocycles. The summed E-state index contributed by atoms with van der Waals surface area (Å²) in [6.45, 7) is 9.34. The van der Waals surface area contributed by atoms with Crippen molar-refractivity contribution in [3.8, 4) is 11.6 Å². The first-order valence-electron chi connectivity index (χ1n) is 14.4. The van der Waals surface area contributed by atoms with Gasteiger partial charge in [0.1, 0.15) is 17.3 Å². The van der Waals surface area contributed by atoms with Crippen LogP contribution in [-0.4, -0.2) is 72.3 Å². The highest BCUT2D eigenvalue weighted by Gasteiger charge is 2.22. The number of hydrogen-bond acceptors (Lipinski definition) is 9. The zero-order chi connectivity index (χ0) is 28.8. The lowest BCUT2D eigenvalue weighted by Crippen LogP contribution is -2.42. The first-order valence-corrected chi connectivity index (χ1v) is 14.4. The van der Waals surface area contributed by atoms with Crippen molar-refractivity contribution in [2.24, 2.45) is 0 Å². The molecule has 0 aliphatic carbocycles. The van der Waals surface area contributed by atoms with Gasteiger partial charge in [-0.2, -0.15) is 4.98 Å². The SMILES string of the molecule is C=CC(=O)Nc1cc(Oc2nc(Nc3ccc(N4CCC(N(C)C)CC4)nn3)ccc2N2CCCCC2)ccc1C. The smallest absolute Gasteiger partial charge is 0.247 e. The molecule has 2 aliphatic heterocycles. The molecule has 0 saturated carbocycles. The summed E-state index contributed by atoms with van der Waals surface area (Å²) in [4.78, 5) is 23.7. The Kier molecular flexibility index (Phi) is 8.98. The number of rotatable bonds is 9. The standard InChI is InChI=1S/C31H40N8O2/c1-5-30(40)32-25-21-24(10-9-22(25)2)41-31-26(38-17-7-6-8-18-38)11-12-27(34-31)33-28-13-14-29(36-35-28)39-19-15-23(16-20-39)37(3)4/h5,9-14,21,23H,1,6-8,15-20H2,2-4H3,(H,32,40)(H,33,34,35). The quantitative estimate of drug-likeness (QED) is 0.338. The van der Waals surface area contributed by atoms with E-state index in [4.69, 9.17) is 9.72 Å². The van der Waals surface area contributed by atoms with Gasteiger partial charge in [-0.1, -0.05) is 12.6 Å². The topological polar surface area (TPSA) is 98.7 Å². The van der Waals surface area contributed by atoms with Gasteiger partial charge in [-0.25, -0.2) is 0 Å². The summed E-state index contributed by atoms with van der Waals surface area (Å²) in [7, 11) is 4.29. The van der Waals surface area contributed by atoms with Crippen molar-refractivity contribution in [1.29, 1.82) is 0 Å². The largest absolute Gasteiger partial charge is 0.437 e. The van der Waals surface area contributed by atoms with Crippen LogP contribution in [0.25, 0.3) is 0 Å². The van der Waals surface area contributed by atoms with Gasteiger partial charge in [0.15, 0.2) is 11.6 Å². The molecule has 2 fully saturated rings. The summed E-state index contributed by atoms with van der Waals surface area (Å²) < 4.78 is 6.36. The van der Waals surface area contributed by atoms with Gasteiger partial charge < -0.3 is 30.1 Å². The number of anilines is 5. The first-order chi connectivity index (χ1) is 19.9. The Bertz CT molecular complexity index is 1350. The lowest BCUT2D eigenvalue weighted by molar-refractivity contribution is -0.111. The van der Waals surface area contributed by atoms with E-state index in [1.807, 2.05) is 49.4 Å². The van der Waals surface area contributed by atoms with E-state index in [0.29, 0.717) is 35.0 Å². The lowest BCUT2D eigenvalue weighted by atomic mass is 10.0. The van der Waals surface area contributed by atoms with Crippen LogP contribution in [0.5, 0.6) is 11.6 Å². The second kappa shape index (κ2) is 13.0. The third-order valence-corrected chi connectivity index (χ3v) is 7.83. The van der Waals surface area contributed by atoms with Crippen LogP contribution >= 0.6 is 0 Å². The summed E-state index contributed by atoms with van der Waals surface area (Å²) in [5, 5.41) is 15.1. The van der Waals surface area contributed by atoms with E-state index < -0.39 is 0 Å². The molecule has 0 atom stereocenters. The molecule has 10 nitrogen and oxygen atoms in total. The zero-order valence-corrected chi connectivity index (χ0v) is 24.3. The molecule has 1 amide bonds. The van der Waals surface area contributed by atoms with Gasteiger partial charge in [0, 0.05) is 44.0 Å². The highest BCUT2D eigenvalue weighted by atomic mass is 16.5. The molecule has 1 aromatic carbocycles. The van der Waals surface area contributed by atoms with Gasteiger partial charge in [0.2, 0.25) is 11.8 Å². The van der Waals surface area contributed by atoms with Crippen molar-refractivity contribution in [2.75, 3.05) is 60.7 Å². The Balaban J connectivity index is 1.34. The van der Waals surface area contributed by atoms with Gasteiger partial charge in [-0.15, -0.1) is 10.2 Å². The van der Waals surface area contributed by atoms with Crippen molar-refractivity contribution < 1.29 is 9.53 Å². The van der Waals surface area contributed by atoms with E-state index in [0.717, 1.165) is 68.9 Å². The third kappa shape index (κ3) is 7.13. The predicted octanol–water partition coefficient (Wildman–Crippen LogP) is 5.36. The zero-order valence-electron chi connectivity index (χ0n) is 24.3. The molecule has 10 heteroatoms. The molecule has 2 aliphatic rings. The summed E-state index contributed by atoms with van der Waals surface area (Å²) in [6, 6.07) is 14.2. The van der Waals surface area contributed by atoms with E-state index in [9.17, 15) is 4.79 Å². The summed E-state index contributed by atoms with van der Waals surface area (Å²) in [6.07, 6.45) is 6.99. The number of nitrogens with zero attached hydrogens (tertiary/aromatic N) is 6. The Labute approximate surface area is 242 Å². The van der Waals surface area contributed by atoms with Crippen LogP contribution in [0, 0.1) is 6.92 Å². The van der Waals surface area contributed by atoms with Crippen LogP contribution in [0.3, 0.4) is 0 Å². The van der Waals surface area contributed by atoms with Gasteiger partial charge in [0.05, 0.1) is 0 Å². The van der Waals surface area contributed by atoms with Gasteiger partial charge in [-0.05, 0) is 95.1 Å². The van der Waals surface area contributed by atoms with Gasteiger partial charge >= 0.3 is 0 Å². The second-order valence-electron chi connectivity index (χ2n) is 10.9. The Morgan fingerprint density at radius 1 is 0.976 bits per heavy atom. The fraction of sp³-hybridized carbons (Fsp3) is 0.419. The number of piperidine rings is 2. The highest BCUT2D eigenvalue weighted by molar-refractivity contribution is 5.99. The molecule has 2 N–H and O–H groups in total. The number of ether oxygens (including phenoxy) is 1. The molecular formula is C31H40N8O2. The van der Waals surface area contributed by atoms with Crippen LogP contribution < -0.4 is 25.2 Å². The van der Waals surface area contributed by atoms with Crippen molar-refractivity contribution in [1.82, 2.24) is 20.1 Å². The van der Waals surface area contributed by atoms with E-state index >= 15 is 0 Å². The number of carbonyl (C=O) groups is 1. The maximum absolute atomic E-state index is 11.9. The van der Waals surface area contributed by atoms with E-state index in [1.54, 1.807) is 0 Å². The van der Waals surface area contributed by atoms with E-state index in [1.165, 1.54) is 12.5 Å². The molecule has 0 bridgehead atoms. The van der Waals surface area contributed by atoms with E-state index in [2.05, 4.69) is 56.2 Å². The van der Waals surface area contributed by atoms with Crippen molar-refractivity contribution in [3.63, 3.8) is 0 Å². The van der Waals surface area contributed by atoms with Crippen LogP contribution in [0.4, 0.5) is 28.8 Å². The number of amides is 1. The number of aryl methyl sites for hydroxylation is 1. The van der Waals surface area contributed by atoms with Crippen LogP contribution in [0.15, 0.2) is 55.1 Å². The Morgan fingerprint density at radius 3 is 2.41 bits per heavy atom. The molecule has 4 heterocycles. The van der Waals surface area contributed by atoms with Gasteiger partial charge in [0.25, 0.3) is 0 Å². The molecule has 216 valence electrons. The van der Waals surface area contributed by atoms with Crippen LogP contribution in [-0.2, 0) is 4.79 Å². The molecule has 3 aromatic rings. The average molecular weight is 557 g/mol. The maximum Gasteiger partial charge on any atom is 0.247 e. The minimum absolute atomic E-state index is 0.270. The molecule has 0 unspecified atom stereocenters. The van der Waals surface area contributed by atoms with E-state index in [-0.39, 0.29) is 5.91 Å². The third-order valence-electron chi connectivity index (χ3n) is 7.83. The number of hydrogen-bond donors (Lipinski definition) is 2. The number of aromatic nitrogens is 3. The summed E-state index contributed by atoms with van der Waals surface area (Å²) in [5.41, 5.74) is 2.54. The molecular weight excluding hydrogens is 516 g/mol. The number of benzene rings is 1. The molecule has 2 saturated heterocycles. The van der Waals surface area contributed by atoms with Crippen molar-refractivity contribution >= 4 is 34.7 Å². The van der Waals surface area contributed by atoms with Crippen molar-refractivity contribution in [2.45, 2.75) is 45.1 Å². The lowest BCUT2D eigenvalue weighted by Gasteiger charge is -2.35. The number of carbonyl (C=O) groups excluding carboxylic acids is 1. The molecule has 0 radical (unpaired) electrons. The molecule has 5 rings (SSSR count). The Hall–Kier alpha value is -4.18. The molecule has 41 heavy (non-hydrogen) atoms. The molecule has 0 spiro atoms. The average Bonchev–Trinajstić information content (AvgIpc) is 3.00. The fourth-order valence-electron chi connectivity index (χ4n) is 5.35. The Morgan fingerprint density at radius 2 is 1.73 bits per heavy atom. The van der Waals surface area contributed by atoms with Crippen LogP contribution in [0.2, 0.25) is 0 Å². The highest BCUT2D eigenvalue weighted by Crippen LogP contribution is 2.35. The minimum Gasteiger partial charge on any atom is -0.437 e.